The molecule has 0 radical (unpaired) electrons. The van der Waals surface area contributed by atoms with Crippen molar-refractivity contribution in [3.63, 3.8) is 0 Å². The molecule has 22 heavy (non-hydrogen) atoms. The summed E-state index contributed by atoms with van der Waals surface area (Å²) >= 11 is 0. The third-order valence-corrected chi connectivity index (χ3v) is 6.77. The summed E-state index contributed by atoms with van der Waals surface area (Å²) < 4.78 is 13.9. The molecule has 0 bridgehead atoms. The highest BCUT2D eigenvalue weighted by atomic mass is 31.2. The van der Waals surface area contributed by atoms with Crippen molar-refractivity contribution < 1.29 is 4.57 Å². The van der Waals surface area contributed by atoms with Crippen LogP contribution < -0.4 is 10.6 Å². The van der Waals surface area contributed by atoms with Gasteiger partial charge in [-0.1, -0.05) is 66.2 Å². The lowest BCUT2D eigenvalue weighted by Crippen LogP contribution is -2.18. The number of rotatable bonds is 4. The molecule has 1 heterocycles. The highest BCUT2D eigenvalue weighted by Crippen LogP contribution is 2.46. The molecule has 0 spiro atoms. The summed E-state index contributed by atoms with van der Waals surface area (Å²) in [5.41, 5.74) is 2.02. The van der Waals surface area contributed by atoms with E-state index in [1.807, 2.05) is 79.7 Å². The van der Waals surface area contributed by atoms with Crippen LogP contribution >= 0.6 is 7.14 Å². The molecular formula is C19H18NOP. The maximum atomic E-state index is 13.9. The molecule has 1 aromatic heterocycles. The summed E-state index contributed by atoms with van der Waals surface area (Å²) in [5.74, 6) is 0. The fraction of sp³-hybridized carbons (Fsp3) is 0.105. The van der Waals surface area contributed by atoms with Crippen molar-refractivity contribution in [2.24, 2.45) is 0 Å². The van der Waals surface area contributed by atoms with Gasteiger partial charge >= 0.3 is 0 Å². The standard InChI is InChI=1S/C19H18NOP/c1-16-10-12-19(13-11-16)22(21,18-8-3-2-4-9-18)15-17-7-5-6-14-20-17/h2-14H,15H2,1H3. The molecule has 3 aromatic rings. The van der Waals surface area contributed by atoms with E-state index < -0.39 is 7.14 Å². The van der Waals surface area contributed by atoms with Crippen molar-refractivity contribution in [3.05, 3.63) is 90.3 Å². The Morgan fingerprint density at radius 2 is 1.45 bits per heavy atom. The van der Waals surface area contributed by atoms with Crippen LogP contribution in [0.25, 0.3) is 0 Å². The Morgan fingerprint density at radius 3 is 2.09 bits per heavy atom. The minimum Gasteiger partial charge on any atom is -0.313 e. The van der Waals surface area contributed by atoms with Crippen LogP contribution in [0.2, 0.25) is 0 Å². The maximum Gasteiger partial charge on any atom is 0.148 e. The summed E-state index contributed by atoms with van der Waals surface area (Å²) in [6.07, 6.45) is 2.20. The number of pyridine rings is 1. The smallest absolute Gasteiger partial charge is 0.148 e. The van der Waals surface area contributed by atoms with Gasteiger partial charge in [0.2, 0.25) is 0 Å². The van der Waals surface area contributed by atoms with Gasteiger partial charge in [-0.05, 0) is 19.1 Å². The van der Waals surface area contributed by atoms with E-state index in [2.05, 4.69) is 4.98 Å². The van der Waals surface area contributed by atoms with Crippen LogP contribution in [0.4, 0.5) is 0 Å². The molecule has 0 aliphatic rings. The van der Waals surface area contributed by atoms with Crippen LogP contribution in [0.3, 0.4) is 0 Å². The number of aromatic nitrogens is 1. The normalized spacial score (nSPS) is 13.5. The zero-order valence-corrected chi connectivity index (χ0v) is 13.4. The van der Waals surface area contributed by atoms with E-state index in [1.165, 1.54) is 5.56 Å². The van der Waals surface area contributed by atoms with Crippen molar-refractivity contribution in [2.45, 2.75) is 13.1 Å². The van der Waals surface area contributed by atoms with E-state index in [1.54, 1.807) is 6.20 Å². The first-order valence-electron chi connectivity index (χ1n) is 7.30. The maximum absolute atomic E-state index is 13.9. The minimum absolute atomic E-state index is 0.445. The Hall–Kier alpha value is -2.18. The van der Waals surface area contributed by atoms with E-state index in [0.717, 1.165) is 16.3 Å². The van der Waals surface area contributed by atoms with Crippen LogP contribution in [-0.2, 0) is 10.7 Å². The van der Waals surface area contributed by atoms with Gasteiger partial charge in [-0.3, -0.25) is 4.98 Å². The third-order valence-electron chi connectivity index (χ3n) is 3.74. The average molecular weight is 307 g/mol. The van der Waals surface area contributed by atoms with E-state index in [9.17, 15) is 4.57 Å². The lowest BCUT2D eigenvalue weighted by atomic mass is 10.2. The van der Waals surface area contributed by atoms with Gasteiger partial charge in [0.25, 0.3) is 0 Å². The molecule has 110 valence electrons. The highest BCUT2D eigenvalue weighted by molar-refractivity contribution is 7.78. The quantitative estimate of drug-likeness (QED) is 0.684. The number of benzene rings is 2. The summed E-state index contributed by atoms with van der Waals surface area (Å²) in [5, 5.41) is 1.76. The van der Waals surface area contributed by atoms with E-state index in [4.69, 9.17) is 0 Å². The van der Waals surface area contributed by atoms with Crippen LogP contribution in [0, 0.1) is 6.92 Å². The van der Waals surface area contributed by atoms with E-state index >= 15 is 0 Å². The van der Waals surface area contributed by atoms with E-state index in [-0.39, 0.29) is 0 Å². The van der Waals surface area contributed by atoms with Crippen LogP contribution in [0.15, 0.2) is 79.0 Å². The van der Waals surface area contributed by atoms with Crippen molar-refractivity contribution in [2.75, 3.05) is 0 Å². The number of hydrogen-bond acceptors (Lipinski definition) is 2. The van der Waals surface area contributed by atoms with Gasteiger partial charge in [0.15, 0.2) is 0 Å². The fourth-order valence-corrected chi connectivity index (χ4v) is 5.10. The molecule has 1 unspecified atom stereocenters. The lowest BCUT2D eigenvalue weighted by molar-refractivity contribution is 0.586. The molecule has 0 aliphatic heterocycles. The summed E-state index contributed by atoms with van der Waals surface area (Å²) in [6, 6.07) is 23.5. The van der Waals surface area contributed by atoms with Crippen molar-refractivity contribution in [1.82, 2.24) is 4.98 Å². The van der Waals surface area contributed by atoms with Gasteiger partial charge in [0, 0.05) is 22.5 Å². The van der Waals surface area contributed by atoms with Gasteiger partial charge < -0.3 is 4.57 Å². The van der Waals surface area contributed by atoms with Gasteiger partial charge in [-0.25, -0.2) is 0 Å². The molecule has 0 N–H and O–H groups in total. The Kier molecular flexibility index (Phi) is 4.22. The van der Waals surface area contributed by atoms with Crippen molar-refractivity contribution >= 4 is 17.8 Å². The molecule has 3 heteroatoms. The Morgan fingerprint density at radius 1 is 0.818 bits per heavy atom. The first kappa shape index (κ1) is 14.7. The second-order valence-electron chi connectivity index (χ2n) is 5.39. The molecule has 0 saturated carbocycles. The predicted octanol–water partition coefficient (Wildman–Crippen LogP) is 3.90. The van der Waals surface area contributed by atoms with Gasteiger partial charge in [0.05, 0.1) is 6.16 Å². The molecule has 0 saturated heterocycles. The third kappa shape index (κ3) is 3.03. The molecule has 3 rings (SSSR count). The molecular weight excluding hydrogens is 289 g/mol. The Bertz CT molecular complexity index is 783. The summed E-state index contributed by atoms with van der Waals surface area (Å²) in [7, 11) is -2.73. The second kappa shape index (κ2) is 6.29. The first-order valence-corrected chi connectivity index (χ1v) is 9.19. The molecule has 2 nitrogen and oxygen atoms in total. The summed E-state index contributed by atoms with van der Waals surface area (Å²) in [6.45, 7) is 2.04. The van der Waals surface area contributed by atoms with Crippen molar-refractivity contribution in [1.29, 1.82) is 0 Å². The zero-order valence-electron chi connectivity index (χ0n) is 12.5. The Balaban J connectivity index is 2.10. The monoisotopic (exact) mass is 307 g/mol. The zero-order chi connectivity index (χ0) is 15.4. The van der Waals surface area contributed by atoms with Crippen molar-refractivity contribution in [3.8, 4) is 0 Å². The molecule has 1 atom stereocenters. The number of aryl methyl sites for hydroxylation is 1. The molecule has 0 amide bonds. The largest absolute Gasteiger partial charge is 0.313 e. The first-order chi connectivity index (χ1) is 10.7. The lowest BCUT2D eigenvalue weighted by Gasteiger charge is -2.19. The van der Waals surface area contributed by atoms with Crippen LogP contribution in [0.5, 0.6) is 0 Å². The Labute approximate surface area is 131 Å². The van der Waals surface area contributed by atoms with E-state index in [0.29, 0.717) is 6.16 Å². The molecule has 2 aromatic carbocycles. The minimum atomic E-state index is -2.73. The van der Waals surface area contributed by atoms with Crippen LogP contribution in [-0.4, -0.2) is 4.98 Å². The predicted molar refractivity (Wildman–Crippen MR) is 92.4 cm³/mol. The van der Waals surface area contributed by atoms with Gasteiger partial charge in [0.1, 0.15) is 7.14 Å². The SMILES string of the molecule is Cc1ccc(P(=O)(Cc2ccccn2)c2ccccc2)cc1. The molecule has 0 fully saturated rings. The number of nitrogens with zero attached hydrogens (tertiary/aromatic N) is 1. The van der Waals surface area contributed by atoms with Gasteiger partial charge in [-0.2, -0.15) is 0 Å². The fourth-order valence-electron chi connectivity index (χ4n) is 2.51. The second-order valence-corrected chi connectivity index (χ2v) is 8.22. The van der Waals surface area contributed by atoms with Crippen LogP contribution in [0.1, 0.15) is 11.3 Å². The topological polar surface area (TPSA) is 30.0 Å². The highest BCUT2D eigenvalue weighted by Gasteiger charge is 2.27. The summed E-state index contributed by atoms with van der Waals surface area (Å²) in [4.78, 5) is 4.36. The average Bonchev–Trinajstić information content (AvgIpc) is 2.57. The number of hydrogen-bond donors (Lipinski definition) is 0. The van der Waals surface area contributed by atoms with Gasteiger partial charge in [-0.15, -0.1) is 0 Å². The molecule has 0 aliphatic carbocycles.